The molecule has 20 nitrogen and oxygen atoms in total. The highest BCUT2D eigenvalue weighted by Gasteiger charge is 2.42. The maximum Gasteiger partial charge on any atom is 0.315 e. The number of thioether (sulfide) groups is 2. The molecule has 3 rings (SSSR count). The predicted octanol–water partition coefficient (Wildman–Crippen LogP) is -0.276. The van der Waals surface area contributed by atoms with Crippen molar-refractivity contribution >= 4 is 76.8 Å². The standard InChI is InChI=1S/C42H66N10O10S2/c1-25(2)19-27(21-34(54)52-62)39(58)48-29(16-18-63-3)41(60)49-30(20-26-11-5-4-6-12-26)40(59)46-22-35(55)45-23-36(56)47-28(38(43)57)13-9-10-17-44-33(53)15-8-7-14-32-37-31(24-64-32)50-42(61)51-37/h4-6,11-12,25,27-32,37,62H,7-10,13-24H2,1-3H3,(H2,43,57)(H,44,53)(H,45,55)(H,46,59)(H,47,56)(H,48,58)(H,49,60)(H,52,54)(H2,50,51,61)/t27?,28-,29-,30-,31-,32-,37-/m0/s1. The molecule has 2 heterocycles. The molecule has 7 atom stereocenters. The van der Waals surface area contributed by atoms with E-state index in [1.807, 2.05) is 31.9 Å². The quantitative estimate of drug-likeness (QED) is 0.0206. The third-order valence-electron chi connectivity index (χ3n) is 10.7. The topological polar surface area (TPSA) is 308 Å². The molecule has 1 aromatic rings. The number of benzene rings is 1. The number of fused-ring (bicyclic) bond motifs is 1. The molecular weight excluding hydrogens is 869 g/mol. The maximum atomic E-state index is 13.7. The van der Waals surface area contributed by atoms with Crippen LogP contribution in [-0.2, 0) is 44.8 Å². The molecule has 2 aliphatic rings. The first kappa shape index (κ1) is 53.2. The van der Waals surface area contributed by atoms with Crippen molar-refractivity contribution in [2.75, 3.05) is 37.4 Å². The van der Waals surface area contributed by atoms with Crippen LogP contribution in [0.25, 0.3) is 0 Å². The molecule has 0 saturated carbocycles. The summed E-state index contributed by atoms with van der Waals surface area (Å²) in [6, 6.07) is 5.77. The van der Waals surface area contributed by atoms with Crippen LogP contribution < -0.4 is 53.7 Å². The normalized spacial score (nSPS) is 18.2. The van der Waals surface area contributed by atoms with Crippen LogP contribution in [0, 0.1) is 11.8 Å². The second kappa shape index (κ2) is 28.7. The van der Waals surface area contributed by atoms with Gasteiger partial charge >= 0.3 is 6.03 Å². The zero-order valence-electron chi connectivity index (χ0n) is 36.8. The summed E-state index contributed by atoms with van der Waals surface area (Å²) in [7, 11) is 0. The van der Waals surface area contributed by atoms with E-state index in [1.165, 1.54) is 17.2 Å². The van der Waals surface area contributed by atoms with E-state index in [0.29, 0.717) is 48.8 Å². The first-order chi connectivity index (χ1) is 30.6. The lowest BCUT2D eigenvalue weighted by atomic mass is 9.92. The Balaban J connectivity index is 1.42. The van der Waals surface area contributed by atoms with Crippen LogP contribution in [0.5, 0.6) is 0 Å². The van der Waals surface area contributed by atoms with E-state index >= 15 is 0 Å². The summed E-state index contributed by atoms with van der Waals surface area (Å²) >= 11 is 3.28. The zero-order chi connectivity index (χ0) is 47.0. The van der Waals surface area contributed by atoms with E-state index in [2.05, 4.69) is 42.5 Å². The number of carbonyl (C=O) groups excluding carboxylic acids is 9. The van der Waals surface area contributed by atoms with E-state index < -0.39 is 78.5 Å². The van der Waals surface area contributed by atoms with Gasteiger partial charge < -0.3 is 48.3 Å². The summed E-state index contributed by atoms with van der Waals surface area (Å²) in [5, 5.41) is 30.9. The van der Waals surface area contributed by atoms with Gasteiger partial charge in [-0.3, -0.25) is 43.6 Å². The smallest absolute Gasteiger partial charge is 0.315 e. The molecule has 356 valence electrons. The van der Waals surface area contributed by atoms with Crippen LogP contribution in [0.2, 0.25) is 0 Å². The highest BCUT2D eigenvalue weighted by molar-refractivity contribution is 8.00. The molecule has 0 spiro atoms. The predicted molar refractivity (Wildman–Crippen MR) is 242 cm³/mol. The van der Waals surface area contributed by atoms with Crippen LogP contribution in [0.15, 0.2) is 30.3 Å². The number of nitrogens with two attached hydrogens (primary N) is 1. The van der Waals surface area contributed by atoms with E-state index in [1.54, 1.807) is 30.3 Å². The maximum absolute atomic E-state index is 13.7. The fourth-order valence-corrected chi connectivity index (χ4v) is 9.39. The Hall–Kier alpha value is -5.09. The molecule has 64 heavy (non-hydrogen) atoms. The summed E-state index contributed by atoms with van der Waals surface area (Å²) in [6.45, 7) is 3.07. The van der Waals surface area contributed by atoms with Crippen molar-refractivity contribution in [2.24, 2.45) is 17.6 Å². The van der Waals surface area contributed by atoms with Gasteiger partial charge in [-0.25, -0.2) is 10.3 Å². The van der Waals surface area contributed by atoms with Crippen LogP contribution in [0.4, 0.5) is 4.79 Å². The Bertz CT molecular complexity index is 1740. The third-order valence-corrected chi connectivity index (χ3v) is 12.9. The fraction of sp³-hybridized carbons (Fsp3) is 0.643. The molecule has 22 heteroatoms. The number of hydrogen-bond acceptors (Lipinski definition) is 12. The van der Waals surface area contributed by atoms with Crippen molar-refractivity contribution in [2.45, 2.75) is 120 Å². The number of unbranched alkanes of at least 4 members (excludes halogenated alkanes) is 2. The molecule has 10 amide bonds. The molecule has 0 bridgehead atoms. The summed E-state index contributed by atoms with van der Waals surface area (Å²) < 4.78 is 0. The minimum absolute atomic E-state index is 0.0297. The lowest BCUT2D eigenvalue weighted by Gasteiger charge is -2.25. The second-order valence-corrected chi connectivity index (χ2v) is 18.6. The highest BCUT2D eigenvalue weighted by Crippen LogP contribution is 2.33. The van der Waals surface area contributed by atoms with Gasteiger partial charge in [0.2, 0.25) is 47.3 Å². The summed E-state index contributed by atoms with van der Waals surface area (Å²) in [6.07, 6.45) is 6.24. The van der Waals surface area contributed by atoms with Crippen LogP contribution in [-0.4, -0.2) is 131 Å². The molecule has 0 aliphatic carbocycles. The van der Waals surface area contributed by atoms with Crippen molar-refractivity contribution in [3.05, 3.63) is 35.9 Å². The average molecular weight is 935 g/mol. The lowest BCUT2D eigenvalue weighted by Crippen LogP contribution is -2.56. The Kier molecular flexibility index (Phi) is 23.8. The number of nitrogens with one attached hydrogen (secondary N) is 9. The van der Waals surface area contributed by atoms with Gasteiger partial charge in [0.05, 0.1) is 25.2 Å². The minimum Gasteiger partial charge on any atom is -0.368 e. The Morgan fingerprint density at radius 1 is 0.797 bits per heavy atom. The van der Waals surface area contributed by atoms with Gasteiger partial charge in [-0.05, 0) is 68.4 Å². The van der Waals surface area contributed by atoms with Gasteiger partial charge in [0, 0.05) is 42.7 Å². The number of primary amides is 1. The van der Waals surface area contributed by atoms with Gasteiger partial charge in [-0.2, -0.15) is 23.5 Å². The van der Waals surface area contributed by atoms with Crippen LogP contribution in [0.1, 0.15) is 83.6 Å². The van der Waals surface area contributed by atoms with Gasteiger partial charge in [-0.15, -0.1) is 0 Å². The number of rotatable bonds is 30. The summed E-state index contributed by atoms with van der Waals surface area (Å²) in [5.41, 5.74) is 7.75. The molecule has 0 aromatic heterocycles. The van der Waals surface area contributed by atoms with Crippen LogP contribution >= 0.6 is 23.5 Å². The minimum atomic E-state index is -1.17. The molecule has 2 fully saturated rings. The van der Waals surface area contributed by atoms with Gasteiger partial charge in [0.15, 0.2) is 0 Å². The van der Waals surface area contributed by atoms with Crippen molar-refractivity contribution in [1.82, 2.24) is 48.0 Å². The molecule has 1 aromatic carbocycles. The van der Waals surface area contributed by atoms with Crippen molar-refractivity contribution in [1.29, 1.82) is 0 Å². The number of carbonyl (C=O) groups is 9. The number of amides is 10. The highest BCUT2D eigenvalue weighted by atomic mass is 32.2. The number of hydrogen-bond donors (Lipinski definition) is 11. The summed E-state index contributed by atoms with van der Waals surface area (Å²) in [4.78, 5) is 114. The van der Waals surface area contributed by atoms with Gasteiger partial charge in [0.1, 0.15) is 18.1 Å². The van der Waals surface area contributed by atoms with Gasteiger partial charge in [-0.1, -0.05) is 50.6 Å². The zero-order valence-corrected chi connectivity index (χ0v) is 38.5. The number of urea groups is 1. The largest absolute Gasteiger partial charge is 0.368 e. The van der Waals surface area contributed by atoms with Gasteiger partial charge in [0.25, 0.3) is 0 Å². The first-order valence-electron chi connectivity index (χ1n) is 21.7. The Morgan fingerprint density at radius 3 is 2.20 bits per heavy atom. The summed E-state index contributed by atoms with van der Waals surface area (Å²) in [5.74, 6) is -4.32. The van der Waals surface area contributed by atoms with Crippen molar-refractivity contribution < 1.29 is 48.4 Å². The number of hydroxylamine groups is 1. The lowest BCUT2D eigenvalue weighted by molar-refractivity contribution is -0.137. The van der Waals surface area contributed by atoms with E-state index in [-0.39, 0.29) is 55.6 Å². The first-order valence-corrected chi connectivity index (χ1v) is 24.2. The molecular formula is C42H66N10O10S2. The molecule has 2 aliphatic heterocycles. The van der Waals surface area contributed by atoms with E-state index in [4.69, 9.17) is 10.9 Å². The second-order valence-electron chi connectivity index (χ2n) is 16.4. The van der Waals surface area contributed by atoms with Crippen LogP contribution in [0.3, 0.4) is 0 Å². The average Bonchev–Trinajstić information content (AvgIpc) is 3.82. The Labute approximate surface area is 382 Å². The SMILES string of the molecule is CSCC[C@H](NC(=O)C(CC(=O)NO)CC(C)C)C(=O)N[C@@H](Cc1ccccc1)C(=O)NCC(=O)NCC(=O)N[C@@H](CCCCNC(=O)CCCC[C@@H]1SC[C@@H]2NC(=O)N[C@@H]21)C(N)=O. The van der Waals surface area contributed by atoms with Crippen molar-refractivity contribution in [3.8, 4) is 0 Å². The molecule has 2 saturated heterocycles. The molecule has 0 radical (unpaired) electrons. The monoisotopic (exact) mass is 934 g/mol. The van der Waals surface area contributed by atoms with E-state index in [9.17, 15) is 43.2 Å². The van der Waals surface area contributed by atoms with Crippen molar-refractivity contribution in [3.63, 3.8) is 0 Å². The fourth-order valence-electron chi connectivity index (χ4n) is 7.37. The third kappa shape index (κ3) is 19.7. The van der Waals surface area contributed by atoms with E-state index in [0.717, 1.165) is 25.0 Å². The molecule has 1 unspecified atom stereocenters. The Morgan fingerprint density at radius 2 is 1.52 bits per heavy atom. The molecule has 12 N–H and O–H groups in total.